The smallest absolute Gasteiger partial charge is 0.219 e. The van der Waals surface area contributed by atoms with Crippen molar-refractivity contribution < 1.29 is 9.84 Å². The molecule has 0 amide bonds. The molecule has 0 aliphatic rings. The van der Waals surface area contributed by atoms with Crippen LogP contribution in [-0.2, 0) is 0 Å². The van der Waals surface area contributed by atoms with Crippen LogP contribution in [0.5, 0.6) is 11.6 Å². The van der Waals surface area contributed by atoms with Gasteiger partial charge in [-0.15, -0.1) is 0 Å². The number of nitrogens with zero attached hydrogens (tertiary/aromatic N) is 2. The number of fused-ring (bicyclic) bond motifs is 1. The Morgan fingerprint density at radius 3 is 2.80 bits per heavy atom. The summed E-state index contributed by atoms with van der Waals surface area (Å²) in [5, 5.41) is 10.6. The number of aliphatic hydroxyl groups excluding tert-OH is 1. The fraction of sp³-hybridized carbons (Fsp3) is 0.125. The third-order valence-electron chi connectivity index (χ3n) is 3.04. The normalized spacial score (nSPS) is 12.3. The van der Waals surface area contributed by atoms with Crippen LogP contribution in [0.4, 0.5) is 0 Å². The van der Waals surface area contributed by atoms with E-state index in [1.165, 1.54) is 0 Å². The van der Waals surface area contributed by atoms with Crippen LogP contribution in [0, 0.1) is 0 Å². The lowest BCUT2D eigenvalue weighted by Crippen LogP contribution is -1.94. The number of hydrogen-bond acceptors (Lipinski definition) is 4. The number of aliphatic hydroxyl groups is 1. The number of aromatic nitrogens is 2. The summed E-state index contributed by atoms with van der Waals surface area (Å²) in [6, 6.07) is 13.1. The molecule has 2 heterocycles. The molecule has 1 atom stereocenters. The summed E-state index contributed by atoms with van der Waals surface area (Å²) in [5.41, 5.74) is 1.64. The van der Waals surface area contributed by atoms with Crippen molar-refractivity contribution in [3.63, 3.8) is 0 Å². The Labute approximate surface area is 116 Å². The highest BCUT2D eigenvalue weighted by atomic mass is 16.5. The molecular formula is C16H14N2O2. The molecule has 0 saturated carbocycles. The predicted octanol–water partition coefficient (Wildman–Crippen LogP) is 3.48. The third kappa shape index (κ3) is 2.60. The lowest BCUT2D eigenvalue weighted by molar-refractivity contribution is 0.198. The van der Waals surface area contributed by atoms with Crippen molar-refractivity contribution in [2.24, 2.45) is 0 Å². The van der Waals surface area contributed by atoms with Gasteiger partial charge in [-0.1, -0.05) is 6.07 Å². The van der Waals surface area contributed by atoms with Gasteiger partial charge in [0.1, 0.15) is 5.75 Å². The highest BCUT2D eigenvalue weighted by Gasteiger charge is 2.05. The highest BCUT2D eigenvalue weighted by molar-refractivity contribution is 5.79. The molecule has 4 heteroatoms. The Bertz CT molecular complexity index is 741. The topological polar surface area (TPSA) is 55.2 Å². The molecule has 0 fully saturated rings. The molecule has 0 saturated heterocycles. The van der Waals surface area contributed by atoms with Gasteiger partial charge in [-0.3, -0.25) is 4.98 Å². The van der Waals surface area contributed by atoms with Gasteiger partial charge >= 0.3 is 0 Å². The van der Waals surface area contributed by atoms with Crippen molar-refractivity contribution >= 4 is 10.9 Å². The lowest BCUT2D eigenvalue weighted by Gasteiger charge is -2.08. The molecule has 1 aromatic carbocycles. The van der Waals surface area contributed by atoms with Crippen LogP contribution in [-0.4, -0.2) is 15.1 Å². The Morgan fingerprint density at radius 1 is 1.05 bits per heavy atom. The SMILES string of the molecule is C[C@@H](O)c1ccnc(Oc2ccc3cccnc3c2)c1. The zero-order valence-electron chi connectivity index (χ0n) is 11.0. The van der Waals surface area contributed by atoms with Gasteiger partial charge in [-0.05, 0) is 36.8 Å². The lowest BCUT2D eigenvalue weighted by atomic mass is 10.2. The molecule has 0 radical (unpaired) electrons. The Hall–Kier alpha value is -2.46. The molecule has 0 unspecified atom stereocenters. The van der Waals surface area contributed by atoms with Gasteiger partial charge in [0.2, 0.25) is 5.88 Å². The molecule has 0 aliphatic heterocycles. The summed E-state index contributed by atoms with van der Waals surface area (Å²) in [6.07, 6.45) is 2.83. The van der Waals surface area contributed by atoms with E-state index in [2.05, 4.69) is 9.97 Å². The second-order valence-electron chi connectivity index (χ2n) is 4.56. The first-order chi connectivity index (χ1) is 9.72. The molecule has 0 bridgehead atoms. The number of rotatable bonds is 3. The maximum Gasteiger partial charge on any atom is 0.219 e. The van der Waals surface area contributed by atoms with Gasteiger partial charge in [-0.2, -0.15) is 0 Å². The van der Waals surface area contributed by atoms with E-state index in [0.717, 1.165) is 16.5 Å². The second-order valence-corrected chi connectivity index (χ2v) is 4.56. The van der Waals surface area contributed by atoms with E-state index in [0.29, 0.717) is 11.6 Å². The van der Waals surface area contributed by atoms with E-state index in [-0.39, 0.29) is 0 Å². The predicted molar refractivity (Wildman–Crippen MR) is 76.7 cm³/mol. The van der Waals surface area contributed by atoms with E-state index >= 15 is 0 Å². The third-order valence-corrected chi connectivity index (χ3v) is 3.04. The van der Waals surface area contributed by atoms with E-state index < -0.39 is 6.10 Å². The quantitative estimate of drug-likeness (QED) is 0.788. The molecule has 20 heavy (non-hydrogen) atoms. The molecule has 0 spiro atoms. The fourth-order valence-corrected chi connectivity index (χ4v) is 1.97. The Kier molecular flexibility index (Phi) is 3.31. The molecular weight excluding hydrogens is 252 g/mol. The van der Waals surface area contributed by atoms with Gasteiger partial charge in [0.25, 0.3) is 0 Å². The molecule has 3 rings (SSSR count). The molecule has 3 aromatic rings. The second kappa shape index (κ2) is 5.27. The van der Waals surface area contributed by atoms with Crippen LogP contribution in [0.25, 0.3) is 10.9 Å². The highest BCUT2D eigenvalue weighted by Crippen LogP contribution is 2.25. The zero-order chi connectivity index (χ0) is 13.9. The van der Waals surface area contributed by atoms with Gasteiger partial charge in [0, 0.05) is 29.9 Å². The van der Waals surface area contributed by atoms with Crippen LogP contribution in [0.3, 0.4) is 0 Å². The van der Waals surface area contributed by atoms with E-state index in [9.17, 15) is 5.11 Å². The van der Waals surface area contributed by atoms with Crippen molar-refractivity contribution in [2.75, 3.05) is 0 Å². The van der Waals surface area contributed by atoms with Crippen molar-refractivity contribution in [1.29, 1.82) is 0 Å². The molecule has 2 aromatic heterocycles. The van der Waals surface area contributed by atoms with Crippen LogP contribution < -0.4 is 4.74 Å². The molecule has 100 valence electrons. The number of pyridine rings is 2. The number of ether oxygens (including phenoxy) is 1. The molecule has 4 nitrogen and oxygen atoms in total. The van der Waals surface area contributed by atoms with Gasteiger partial charge in [0.15, 0.2) is 0 Å². The minimum absolute atomic E-state index is 0.457. The van der Waals surface area contributed by atoms with E-state index in [1.807, 2.05) is 30.3 Å². The zero-order valence-corrected chi connectivity index (χ0v) is 11.0. The molecule has 1 N–H and O–H groups in total. The first-order valence-corrected chi connectivity index (χ1v) is 6.39. The number of hydrogen-bond donors (Lipinski definition) is 1. The average Bonchev–Trinajstić information content (AvgIpc) is 2.47. The largest absolute Gasteiger partial charge is 0.439 e. The minimum Gasteiger partial charge on any atom is -0.439 e. The minimum atomic E-state index is -0.543. The summed E-state index contributed by atoms with van der Waals surface area (Å²) < 4.78 is 5.72. The Morgan fingerprint density at radius 2 is 1.95 bits per heavy atom. The number of benzene rings is 1. The monoisotopic (exact) mass is 266 g/mol. The van der Waals surface area contributed by atoms with Crippen LogP contribution in [0.1, 0.15) is 18.6 Å². The standard InChI is InChI=1S/C16H14N2O2/c1-11(19)13-6-8-18-16(9-13)20-14-5-4-12-3-2-7-17-15(12)10-14/h2-11,19H,1H3/t11-/m1/s1. The van der Waals surface area contributed by atoms with Gasteiger partial charge < -0.3 is 9.84 Å². The first-order valence-electron chi connectivity index (χ1n) is 6.39. The summed E-state index contributed by atoms with van der Waals surface area (Å²) >= 11 is 0. The van der Waals surface area contributed by atoms with Crippen molar-refractivity contribution in [2.45, 2.75) is 13.0 Å². The summed E-state index contributed by atoms with van der Waals surface area (Å²) in [7, 11) is 0. The van der Waals surface area contributed by atoms with E-state index in [1.54, 1.807) is 31.5 Å². The van der Waals surface area contributed by atoms with Crippen molar-refractivity contribution in [3.05, 3.63) is 60.4 Å². The van der Waals surface area contributed by atoms with Crippen molar-refractivity contribution in [3.8, 4) is 11.6 Å². The average molecular weight is 266 g/mol. The summed E-state index contributed by atoms with van der Waals surface area (Å²) in [6.45, 7) is 1.71. The molecule has 0 aliphatic carbocycles. The van der Waals surface area contributed by atoms with Gasteiger partial charge in [0.05, 0.1) is 11.6 Å². The van der Waals surface area contributed by atoms with Crippen LogP contribution in [0.15, 0.2) is 54.9 Å². The van der Waals surface area contributed by atoms with Crippen molar-refractivity contribution in [1.82, 2.24) is 9.97 Å². The maximum absolute atomic E-state index is 9.56. The Balaban J connectivity index is 1.90. The maximum atomic E-state index is 9.56. The summed E-state index contributed by atoms with van der Waals surface area (Å²) in [5.74, 6) is 1.13. The van der Waals surface area contributed by atoms with Gasteiger partial charge in [-0.25, -0.2) is 4.98 Å². The van der Waals surface area contributed by atoms with Crippen LogP contribution >= 0.6 is 0 Å². The first kappa shape index (κ1) is 12.6. The fourth-order valence-electron chi connectivity index (χ4n) is 1.97. The van der Waals surface area contributed by atoms with E-state index in [4.69, 9.17) is 4.74 Å². The van der Waals surface area contributed by atoms with Crippen LogP contribution in [0.2, 0.25) is 0 Å². The summed E-state index contributed by atoms with van der Waals surface area (Å²) in [4.78, 5) is 8.43.